The van der Waals surface area contributed by atoms with E-state index in [1.54, 1.807) is 0 Å². The summed E-state index contributed by atoms with van der Waals surface area (Å²) in [6, 6.07) is 10.7. The zero-order chi connectivity index (χ0) is 24.4. The van der Waals surface area contributed by atoms with Gasteiger partial charge in [0, 0.05) is 5.41 Å². The van der Waals surface area contributed by atoms with E-state index in [0.29, 0.717) is 30.7 Å². The monoisotopic (exact) mass is 450 g/mol. The fourth-order valence-corrected chi connectivity index (χ4v) is 5.38. The smallest absolute Gasteiger partial charge is 0.142 e. The second kappa shape index (κ2) is 9.70. The molecule has 0 aromatic heterocycles. The van der Waals surface area contributed by atoms with E-state index in [2.05, 4.69) is 72.4 Å². The highest BCUT2D eigenvalue weighted by molar-refractivity contribution is 5.66. The number of benzene rings is 2. The third-order valence-electron chi connectivity index (χ3n) is 7.72. The fourth-order valence-electron chi connectivity index (χ4n) is 5.38. The average Bonchev–Trinajstić information content (AvgIpc) is 3.03. The van der Waals surface area contributed by atoms with Gasteiger partial charge >= 0.3 is 0 Å². The number of nitrogens with two attached hydrogens (primary N) is 2. The van der Waals surface area contributed by atoms with E-state index in [4.69, 9.17) is 20.9 Å². The van der Waals surface area contributed by atoms with Crippen molar-refractivity contribution in [3.8, 4) is 11.5 Å². The highest BCUT2D eigenvalue weighted by atomic mass is 16.5. The molecule has 0 aliphatic heterocycles. The molecule has 2 unspecified atom stereocenters. The second-order valence-electron chi connectivity index (χ2n) is 10.3. The molecule has 0 bridgehead atoms. The molecule has 4 nitrogen and oxygen atoms in total. The van der Waals surface area contributed by atoms with Crippen LogP contribution in [0.5, 0.6) is 11.5 Å². The molecule has 180 valence electrons. The first-order valence-electron chi connectivity index (χ1n) is 12.3. The molecule has 0 saturated heterocycles. The number of anilines is 2. The molecule has 0 spiro atoms. The number of hydrogen-bond acceptors (Lipinski definition) is 4. The predicted octanol–water partition coefficient (Wildman–Crippen LogP) is 6.85. The van der Waals surface area contributed by atoms with Crippen LogP contribution in [0.1, 0.15) is 77.5 Å². The van der Waals surface area contributed by atoms with Gasteiger partial charge in [-0.2, -0.15) is 0 Å². The van der Waals surface area contributed by atoms with E-state index >= 15 is 0 Å². The van der Waals surface area contributed by atoms with E-state index in [0.717, 1.165) is 36.4 Å². The first kappa shape index (κ1) is 25.0. The zero-order valence-corrected chi connectivity index (χ0v) is 21.3. The van der Waals surface area contributed by atoms with Gasteiger partial charge in [-0.3, -0.25) is 0 Å². The van der Waals surface area contributed by atoms with Gasteiger partial charge in [-0.25, -0.2) is 0 Å². The average molecular weight is 451 g/mol. The van der Waals surface area contributed by atoms with Crippen LogP contribution in [0.4, 0.5) is 11.4 Å². The van der Waals surface area contributed by atoms with Crippen molar-refractivity contribution in [3.63, 3.8) is 0 Å². The Morgan fingerprint density at radius 1 is 0.939 bits per heavy atom. The quantitative estimate of drug-likeness (QED) is 0.236. The van der Waals surface area contributed by atoms with Crippen LogP contribution in [0.15, 0.2) is 43.0 Å². The SMILES string of the molecule is C=CCCOc1ccc(C2(C(C)C)CC(C)(C(C)C)c3cc(N)c(OCCC)cc32)cc1N. The summed E-state index contributed by atoms with van der Waals surface area (Å²) in [5.41, 5.74) is 18.1. The van der Waals surface area contributed by atoms with E-state index in [1.165, 1.54) is 16.7 Å². The summed E-state index contributed by atoms with van der Waals surface area (Å²) in [4.78, 5) is 0. The van der Waals surface area contributed by atoms with Gasteiger partial charge in [-0.15, -0.1) is 6.58 Å². The minimum Gasteiger partial charge on any atom is -0.491 e. The van der Waals surface area contributed by atoms with Gasteiger partial charge in [0.05, 0.1) is 24.6 Å². The molecule has 4 heteroatoms. The minimum absolute atomic E-state index is 0.00902. The van der Waals surface area contributed by atoms with Crippen LogP contribution >= 0.6 is 0 Å². The number of ether oxygens (including phenoxy) is 2. The maximum absolute atomic E-state index is 6.50. The summed E-state index contributed by atoms with van der Waals surface area (Å²) < 4.78 is 12.0. The standard InChI is InChI=1S/C29H42N2O2/c1-8-10-14-33-26-12-11-21(15-24(26)30)29(20(5)6)18-28(7,19(3)4)22-16-25(31)27(17-23(22)29)32-13-9-2/h8,11-12,15-17,19-20H,1,9-10,13-14,18,30-31H2,2-7H3. The third kappa shape index (κ3) is 4.32. The van der Waals surface area contributed by atoms with Crippen LogP contribution in [-0.2, 0) is 10.8 Å². The van der Waals surface area contributed by atoms with Gasteiger partial charge in [-0.05, 0) is 77.5 Å². The van der Waals surface area contributed by atoms with Crippen molar-refractivity contribution in [2.24, 2.45) is 11.8 Å². The molecule has 0 radical (unpaired) electrons. The maximum atomic E-state index is 6.50. The molecule has 33 heavy (non-hydrogen) atoms. The molecule has 2 aromatic carbocycles. The van der Waals surface area contributed by atoms with Crippen molar-refractivity contribution in [2.75, 3.05) is 24.7 Å². The molecular formula is C29H42N2O2. The van der Waals surface area contributed by atoms with Crippen molar-refractivity contribution in [1.29, 1.82) is 0 Å². The summed E-state index contributed by atoms with van der Waals surface area (Å²) in [7, 11) is 0. The second-order valence-corrected chi connectivity index (χ2v) is 10.3. The number of fused-ring (bicyclic) bond motifs is 1. The summed E-state index contributed by atoms with van der Waals surface area (Å²) in [6.07, 6.45) is 4.58. The molecule has 1 aliphatic carbocycles. The Labute approximate surface area is 200 Å². The van der Waals surface area contributed by atoms with Gasteiger partial charge < -0.3 is 20.9 Å². The number of hydrogen-bond donors (Lipinski definition) is 2. The maximum Gasteiger partial charge on any atom is 0.142 e. The lowest BCUT2D eigenvalue weighted by molar-refractivity contribution is 0.252. The van der Waals surface area contributed by atoms with E-state index in [9.17, 15) is 0 Å². The van der Waals surface area contributed by atoms with Crippen LogP contribution in [0, 0.1) is 11.8 Å². The lowest BCUT2D eigenvalue weighted by Crippen LogP contribution is -2.35. The molecule has 0 heterocycles. The molecule has 3 rings (SSSR count). The largest absolute Gasteiger partial charge is 0.491 e. The Balaban J connectivity index is 2.20. The Morgan fingerprint density at radius 3 is 2.18 bits per heavy atom. The van der Waals surface area contributed by atoms with Gasteiger partial charge in [0.2, 0.25) is 0 Å². The van der Waals surface area contributed by atoms with E-state index in [-0.39, 0.29) is 10.8 Å². The number of rotatable bonds is 10. The lowest BCUT2D eigenvalue weighted by atomic mass is 9.64. The predicted molar refractivity (Wildman–Crippen MR) is 140 cm³/mol. The van der Waals surface area contributed by atoms with Gasteiger partial charge in [0.25, 0.3) is 0 Å². The van der Waals surface area contributed by atoms with Crippen molar-refractivity contribution in [1.82, 2.24) is 0 Å². The van der Waals surface area contributed by atoms with Crippen molar-refractivity contribution < 1.29 is 9.47 Å². The van der Waals surface area contributed by atoms with Gasteiger partial charge in [0.1, 0.15) is 11.5 Å². The first-order chi connectivity index (χ1) is 15.6. The Morgan fingerprint density at radius 2 is 1.61 bits per heavy atom. The molecule has 2 aromatic rings. The summed E-state index contributed by atoms with van der Waals surface area (Å²) in [5.74, 6) is 2.32. The molecule has 1 aliphatic rings. The first-order valence-corrected chi connectivity index (χ1v) is 12.3. The highest BCUT2D eigenvalue weighted by Gasteiger charge is 2.54. The van der Waals surface area contributed by atoms with Gasteiger partial charge in [0.15, 0.2) is 0 Å². The summed E-state index contributed by atoms with van der Waals surface area (Å²) in [6.45, 7) is 18.7. The van der Waals surface area contributed by atoms with Crippen LogP contribution in [-0.4, -0.2) is 13.2 Å². The highest BCUT2D eigenvalue weighted by Crippen LogP contribution is 2.60. The molecule has 0 fully saturated rings. The zero-order valence-electron chi connectivity index (χ0n) is 21.3. The lowest BCUT2D eigenvalue weighted by Gasteiger charge is -2.39. The van der Waals surface area contributed by atoms with Gasteiger partial charge in [-0.1, -0.05) is 53.7 Å². The summed E-state index contributed by atoms with van der Waals surface area (Å²) in [5, 5.41) is 0. The Bertz CT molecular complexity index is 997. The van der Waals surface area contributed by atoms with Crippen LogP contribution in [0.2, 0.25) is 0 Å². The number of nitrogen functional groups attached to an aromatic ring is 2. The molecular weight excluding hydrogens is 408 g/mol. The molecule has 0 saturated carbocycles. The molecule has 0 amide bonds. The normalized spacial score (nSPS) is 21.9. The third-order valence-corrected chi connectivity index (χ3v) is 7.72. The fraction of sp³-hybridized carbons (Fsp3) is 0.517. The molecule has 2 atom stereocenters. The van der Waals surface area contributed by atoms with Crippen LogP contribution < -0.4 is 20.9 Å². The molecule has 4 N–H and O–H groups in total. The van der Waals surface area contributed by atoms with Crippen LogP contribution in [0.3, 0.4) is 0 Å². The van der Waals surface area contributed by atoms with Crippen molar-refractivity contribution >= 4 is 11.4 Å². The van der Waals surface area contributed by atoms with Crippen molar-refractivity contribution in [2.45, 2.75) is 71.6 Å². The minimum atomic E-state index is -0.194. The van der Waals surface area contributed by atoms with E-state index in [1.807, 2.05) is 12.1 Å². The van der Waals surface area contributed by atoms with E-state index < -0.39 is 0 Å². The Hall–Kier alpha value is -2.62. The topological polar surface area (TPSA) is 70.5 Å². The summed E-state index contributed by atoms with van der Waals surface area (Å²) >= 11 is 0. The van der Waals surface area contributed by atoms with Crippen molar-refractivity contribution in [3.05, 3.63) is 59.7 Å². The van der Waals surface area contributed by atoms with Crippen LogP contribution in [0.25, 0.3) is 0 Å². The Kier molecular flexibility index (Phi) is 7.36.